The first-order chi connectivity index (χ1) is 9.93. The van der Waals surface area contributed by atoms with Crippen LogP contribution in [0, 0.1) is 17.3 Å². The number of halogens is 1. The van der Waals surface area contributed by atoms with Crippen LogP contribution >= 0.6 is 11.6 Å². The van der Waals surface area contributed by atoms with Crippen LogP contribution in [0.15, 0.2) is 0 Å². The minimum Gasteiger partial charge on any atom is -0.338 e. The molecule has 2 aliphatic carbocycles. The summed E-state index contributed by atoms with van der Waals surface area (Å²) in [7, 11) is 0. The lowest BCUT2D eigenvalue weighted by Gasteiger charge is -2.39. The number of nitrogens with zero attached hydrogens (tertiary/aromatic N) is 1. The normalized spacial score (nSPS) is 27.8. The van der Waals surface area contributed by atoms with Crippen LogP contribution in [0.2, 0.25) is 0 Å². The first-order valence-electron chi connectivity index (χ1n) is 8.80. The number of hydrogen-bond donors (Lipinski definition) is 0. The van der Waals surface area contributed by atoms with Gasteiger partial charge in [-0.1, -0.05) is 33.6 Å². The molecule has 0 radical (unpaired) electrons. The van der Waals surface area contributed by atoms with Gasteiger partial charge in [0.15, 0.2) is 0 Å². The van der Waals surface area contributed by atoms with E-state index in [1.165, 1.54) is 38.5 Å². The maximum Gasteiger partial charge on any atom is 0.225 e. The first kappa shape index (κ1) is 17.1. The second-order valence-corrected chi connectivity index (χ2v) is 8.45. The highest BCUT2D eigenvalue weighted by atomic mass is 35.5. The summed E-state index contributed by atoms with van der Waals surface area (Å²) in [4.78, 5) is 15.0. The van der Waals surface area contributed by atoms with Gasteiger partial charge < -0.3 is 4.90 Å². The Morgan fingerprint density at radius 3 is 2.10 bits per heavy atom. The zero-order chi connectivity index (χ0) is 15.5. The summed E-state index contributed by atoms with van der Waals surface area (Å²) in [6, 6.07) is 0.469. The van der Waals surface area contributed by atoms with Crippen molar-refractivity contribution in [1.29, 1.82) is 0 Å². The quantitative estimate of drug-likeness (QED) is 0.679. The number of amides is 1. The molecule has 1 amide bonds. The van der Waals surface area contributed by atoms with Gasteiger partial charge in [0.1, 0.15) is 0 Å². The van der Waals surface area contributed by atoms with Crippen molar-refractivity contribution < 1.29 is 4.79 Å². The Bertz CT molecular complexity index is 336. The molecule has 2 saturated carbocycles. The summed E-state index contributed by atoms with van der Waals surface area (Å²) in [6.07, 6.45) is 9.47. The molecule has 0 aliphatic heterocycles. The minimum absolute atomic E-state index is 0.257. The Labute approximate surface area is 135 Å². The van der Waals surface area contributed by atoms with Gasteiger partial charge in [0, 0.05) is 24.4 Å². The van der Waals surface area contributed by atoms with Gasteiger partial charge in [-0.15, -0.1) is 11.6 Å². The monoisotopic (exact) mass is 313 g/mol. The largest absolute Gasteiger partial charge is 0.338 e. The second kappa shape index (κ2) is 7.35. The van der Waals surface area contributed by atoms with E-state index in [0.29, 0.717) is 23.2 Å². The zero-order valence-electron chi connectivity index (χ0n) is 14.0. The molecule has 3 heteroatoms. The van der Waals surface area contributed by atoms with Crippen molar-refractivity contribution >= 4 is 17.5 Å². The molecule has 0 bridgehead atoms. The molecular weight excluding hydrogens is 282 g/mol. The van der Waals surface area contributed by atoms with Crippen LogP contribution in [0.3, 0.4) is 0 Å². The molecule has 0 aromatic carbocycles. The van der Waals surface area contributed by atoms with Crippen molar-refractivity contribution in [3.05, 3.63) is 0 Å². The molecule has 0 spiro atoms. The minimum atomic E-state index is 0.257. The lowest BCUT2D eigenvalue weighted by Crippen LogP contribution is -2.44. The number of carbonyl (C=O) groups excluding carboxylic acids is 1. The van der Waals surface area contributed by atoms with Crippen molar-refractivity contribution in [1.82, 2.24) is 4.90 Å². The van der Waals surface area contributed by atoms with Gasteiger partial charge in [-0.05, 0) is 49.9 Å². The van der Waals surface area contributed by atoms with Gasteiger partial charge in [0.05, 0.1) is 0 Å². The Hall–Kier alpha value is -0.240. The van der Waals surface area contributed by atoms with Gasteiger partial charge in [-0.25, -0.2) is 0 Å². The Kier molecular flexibility index (Phi) is 5.99. The van der Waals surface area contributed by atoms with Crippen molar-refractivity contribution in [3.63, 3.8) is 0 Å². The second-order valence-electron chi connectivity index (χ2n) is 8.07. The fraction of sp³-hybridized carbons (Fsp3) is 0.944. The van der Waals surface area contributed by atoms with Crippen LogP contribution in [0.5, 0.6) is 0 Å². The van der Waals surface area contributed by atoms with Crippen LogP contribution < -0.4 is 0 Å². The third kappa shape index (κ3) is 4.37. The van der Waals surface area contributed by atoms with Crippen molar-refractivity contribution in [3.8, 4) is 0 Å². The third-order valence-electron chi connectivity index (χ3n) is 5.68. The predicted molar refractivity (Wildman–Crippen MR) is 89.6 cm³/mol. The number of rotatable bonds is 4. The summed E-state index contributed by atoms with van der Waals surface area (Å²) in [5.74, 6) is 2.00. The lowest BCUT2D eigenvalue weighted by atomic mass is 9.69. The molecule has 0 aromatic heterocycles. The first-order valence-corrected chi connectivity index (χ1v) is 9.33. The maximum absolute atomic E-state index is 12.9. The molecule has 0 aromatic rings. The molecule has 2 aliphatic rings. The molecule has 0 saturated heterocycles. The van der Waals surface area contributed by atoms with Gasteiger partial charge in [-0.2, -0.15) is 0 Å². The van der Waals surface area contributed by atoms with Crippen molar-refractivity contribution in [2.75, 3.05) is 12.4 Å². The molecule has 0 unspecified atom stereocenters. The van der Waals surface area contributed by atoms with Crippen LogP contribution in [-0.2, 0) is 4.79 Å². The van der Waals surface area contributed by atoms with E-state index in [1.54, 1.807) is 0 Å². The maximum atomic E-state index is 12.9. The van der Waals surface area contributed by atoms with Gasteiger partial charge in [0.2, 0.25) is 5.91 Å². The molecule has 122 valence electrons. The molecule has 2 nitrogen and oxygen atoms in total. The highest BCUT2D eigenvalue weighted by Gasteiger charge is 2.36. The fourth-order valence-electron chi connectivity index (χ4n) is 4.22. The van der Waals surface area contributed by atoms with Gasteiger partial charge in [0.25, 0.3) is 0 Å². The molecule has 2 fully saturated rings. The van der Waals surface area contributed by atoms with Gasteiger partial charge in [-0.3, -0.25) is 4.79 Å². The Morgan fingerprint density at radius 2 is 1.62 bits per heavy atom. The third-order valence-corrected chi connectivity index (χ3v) is 5.84. The van der Waals surface area contributed by atoms with E-state index < -0.39 is 0 Å². The van der Waals surface area contributed by atoms with Crippen LogP contribution in [-0.4, -0.2) is 29.3 Å². The molecule has 2 rings (SSSR count). The molecule has 0 N–H and O–H groups in total. The average Bonchev–Trinajstić information content (AvgIpc) is 2.97. The van der Waals surface area contributed by atoms with Crippen molar-refractivity contribution in [2.24, 2.45) is 17.3 Å². The lowest BCUT2D eigenvalue weighted by molar-refractivity contribution is -0.139. The van der Waals surface area contributed by atoms with E-state index in [-0.39, 0.29) is 5.92 Å². The summed E-state index contributed by atoms with van der Waals surface area (Å²) < 4.78 is 0. The highest BCUT2D eigenvalue weighted by molar-refractivity contribution is 6.18. The van der Waals surface area contributed by atoms with E-state index in [2.05, 4.69) is 25.7 Å². The van der Waals surface area contributed by atoms with E-state index in [0.717, 1.165) is 25.3 Å². The van der Waals surface area contributed by atoms with E-state index in [4.69, 9.17) is 11.6 Å². The van der Waals surface area contributed by atoms with E-state index in [9.17, 15) is 4.79 Å². The summed E-state index contributed by atoms with van der Waals surface area (Å²) >= 11 is 5.95. The smallest absolute Gasteiger partial charge is 0.225 e. The summed E-state index contributed by atoms with van der Waals surface area (Å²) in [6.45, 7) is 7.73. The number of hydrogen-bond acceptors (Lipinski definition) is 1. The zero-order valence-corrected chi connectivity index (χ0v) is 14.8. The average molecular weight is 314 g/mol. The van der Waals surface area contributed by atoms with Gasteiger partial charge >= 0.3 is 0 Å². The summed E-state index contributed by atoms with van der Waals surface area (Å²) in [5, 5.41) is 0. The Balaban J connectivity index is 1.92. The number of carbonyl (C=O) groups is 1. The highest BCUT2D eigenvalue weighted by Crippen LogP contribution is 2.40. The Morgan fingerprint density at radius 1 is 1.05 bits per heavy atom. The van der Waals surface area contributed by atoms with E-state index in [1.807, 2.05) is 0 Å². The van der Waals surface area contributed by atoms with E-state index >= 15 is 0 Å². The topological polar surface area (TPSA) is 20.3 Å². The number of alkyl halides is 1. The fourth-order valence-corrected chi connectivity index (χ4v) is 4.40. The molecule has 0 heterocycles. The standard InChI is InChI=1S/C18H32ClNO/c1-18(2,3)15-10-8-14(9-11-15)17(21)20(13-12-19)16-6-4-5-7-16/h14-16H,4-13H2,1-3H3. The van der Waals surface area contributed by atoms with Crippen molar-refractivity contribution in [2.45, 2.75) is 78.2 Å². The molecule has 0 atom stereocenters. The molecular formula is C18H32ClNO. The van der Waals surface area contributed by atoms with Crippen LogP contribution in [0.25, 0.3) is 0 Å². The van der Waals surface area contributed by atoms with Crippen LogP contribution in [0.4, 0.5) is 0 Å². The van der Waals surface area contributed by atoms with Crippen LogP contribution in [0.1, 0.15) is 72.1 Å². The predicted octanol–water partition coefficient (Wildman–Crippen LogP) is 4.85. The SMILES string of the molecule is CC(C)(C)C1CCC(C(=O)N(CCCl)C2CCCC2)CC1. The summed E-state index contributed by atoms with van der Waals surface area (Å²) in [5.41, 5.74) is 0.384. The molecule has 21 heavy (non-hydrogen) atoms.